The van der Waals surface area contributed by atoms with Crippen LogP contribution >= 0.6 is 0 Å². The molecular weight excluding hydrogens is 422 g/mol. The zero-order valence-corrected chi connectivity index (χ0v) is 13.4. The number of hydrogen-bond donors (Lipinski definition) is 2. The molecule has 0 fully saturated rings. The molecule has 0 aliphatic heterocycles. The van der Waals surface area contributed by atoms with Crippen molar-refractivity contribution in [1.29, 1.82) is 0 Å². The Bertz CT molecular complexity index is 398. The molecule has 0 spiro atoms. The second-order valence-electron chi connectivity index (χ2n) is 3.04. The van der Waals surface area contributed by atoms with Crippen molar-refractivity contribution in [2.45, 2.75) is 0 Å². The van der Waals surface area contributed by atoms with Crippen LogP contribution in [0.25, 0.3) is 0 Å². The van der Waals surface area contributed by atoms with E-state index < -0.39 is 0 Å². The van der Waals surface area contributed by atoms with Crippen molar-refractivity contribution >= 4 is 17.1 Å². The monoisotopic (exact) mass is 436 g/mol. The first-order valence-electron chi connectivity index (χ1n) is 4.43. The molecule has 0 saturated carbocycles. The van der Waals surface area contributed by atoms with Gasteiger partial charge in [-0.25, -0.2) is 0 Å². The van der Waals surface area contributed by atoms with Crippen LogP contribution in [0.5, 0.6) is 0 Å². The van der Waals surface area contributed by atoms with E-state index in [2.05, 4.69) is 11.4 Å². The molecule has 0 atom stereocenters. The minimum Gasteiger partial charge on any atom is -0.399 e. The summed E-state index contributed by atoms with van der Waals surface area (Å²) in [6.45, 7) is 0. The standard InChI is InChI=1S/C12H11N2.CH3.U/c13-10-6-8-12(9-7-10)14-11-4-2-1-3-5-11;;/h2-9,14H,13H2;1H3;/q2*-1;+2. The van der Waals surface area contributed by atoms with Gasteiger partial charge in [0.1, 0.15) is 0 Å². The molecule has 0 unspecified atom stereocenters. The molecule has 3 heteroatoms. The Kier molecular flexibility index (Phi) is 6.96. The van der Waals surface area contributed by atoms with E-state index in [1.807, 2.05) is 48.5 Å². The van der Waals surface area contributed by atoms with Gasteiger partial charge < -0.3 is 18.5 Å². The zero-order valence-electron chi connectivity index (χ0n) is 9.20. The van der Waals surface area contributed by atoms with E-state index in [0.717, 1.165) is 17.1 Å². The summed E-state index contributed by atoms with van der Waals surface area (Å²) in [5.74, 6) is 0. The van der Waals surface area contributed by atoms with Crippen molar-refractivity contribution in [2.75, 3.05) is 11.1 Å². The average molecular weight is 436 g/mol. The van der Waals surface area contributed by atoms with Crippen LogP contribution in [0.2, 0.25) is 0 Å². The van der Waals surface area contributed by atoms with Gasteiger partial charge in [-0.3, -0.25) is 0 Å². The number of nitrogen functional groups attached to an aromatic ring is 1. The quantitative estimate of drug-likeness (QED) is 0.561. The predicted octanol–water partition coefficient (Wildman–Crippen LogP) is 3.26. The Morgan fingerprint density at radius 1 is 0.875 bits per heavy atom. The van der Waals surface area contributed by atoms with Gasteiger partial charge in [-0.2, -0.15) is 18.2 Å². The number of anilines is 3. The van der Waals surface area contributed by atoms with Gasteiger partial charge in [-0.05, 0) is 24.3 Å². The van der Waals surface area contributed by atoms with Crippen LogP contribution in [0.3, 0.4) is 0 Å². The Morgan fingerprint density at radius 3 is 1.94 bits per heavy atom. The molecule has 16 heavy (non-hydrogen) atoms. The molecule has 0 bridgehead atoms. The van der Waals surface area contributed by atoms with Crippen molar-refractivity contribution in [3.8, 4) is 0 Å². The van der Waals surface area contributed by atoms with Crippen LogP contribution in [-0.4, -0.2) is 0 Å². The maximum atomic E-state index is 5.59. The van der Waals surface area contributed by atoms with Crippen LogP contribution in [0, 0.1) is 44.6 Å². The molecule has 0 saturated heterocycles. The van der Waals surface area contributed by atoms with Gasteiger partial charge in [-0.1, -0.05) is 5.69 Å². The molecule has 2 rings (SSSR count). The summed E-state index contributed by atoms with van der Waals surface area (Å²) in [4.78, 5) is 0. The summed E-state index contributed by atoms with van der Waals surface area (Å²) < 4.78 is 0. The van der Waals surface area contributed by atoms with E-state index in [1.54, 1.807) is 0 Å². The third-order valence-corrected chi connectivity index (χ3v) is 1.92. The molecule has 0 amide bonds. The van der Waals surface area contributed by atoms with E-state index >= 15 is 0 Å². The summed E-state index contributed by atoms with van der Waals surface area (Å²) in [5.41, 5.74) is 8.44. The van der Waals surface area contributed by atoms with Gasteiger partial charge in [0.2, 0.25) is 0 Å². The summed E-state index contributed by atoms with van der Waals surface area (Å²) in [5, 5.41) is 3.26. The predicted molar refractivity (Wildman–Crippen MR) is 65.8 cm³/mol. The molecule has 2 nitrogen and oxygen atoms in total. The maximum Gasteiger partial charge on any atom is 2.00 e. The summed E-state index contributed by atoms with van der Waals surface area (Å²) in [7, 11) is 0. The van der Waals surface area contributed by atoms with Gasteiger partial charge in [0, 0.05) is 11.4 Å². The van der Waals surface area contributed by atoms with E-state index in [1.165, 1.54) is 0 Å². The molecule has 3 N–H and O–H groups in total. The van der Waals surface area contributed by atoms with Gasteiger partial charge in [-0.15, -0.1) is 12.1 Å². The Hall–Kier alpha value is -0.908. The topological polar surface area (TPSA) is 38.0 Å². The molecule has 0 aromatic heterocycles. The van der Waals surface area contributed by atoms with E-state index in [0.29, 0.717) is 0 Å². The number of nitrogens with two attached hydrogens (primary N) is 1. The smallest absolute Gasteiger partial charge is 0.399 e. The first-order valence-corrected chi connectivity index (χ1v) is 4.43. The Labute approximate surface area is 121 Å². The first kappa shape index (κ1) is 15.1. The van der Waals surface area contributed by atoms with Crippen molar-refractivity contribution in [1.82, 2.24) is 0 Å². The minimum atomic E-state index is 0. The third kappa shape index (κ3) is 4.30. The van der Waals surface area contributed by atoms with Crippen molar-refractivity contribution in [3.63, 3.8) is 0 Å². The molecule has 2 aromatic carbocycles. The van der Waals surface area contributed by atoms with E-state index in [4.69, 9.17) is 5.73 Å². The molecule has 2 aromatic rings. The second kappa shape index (κ2) is 7.38. The average Bonchev–Trinajstić information content (AvgIpc) is 2.23. The van der Waals surface area contributed by atoms with Crippen LogP contribution in [0.15, 0.2) is 48.5 Å². The normalized spacial score (nSPS) is 8.50. The number of nitrogens with one attached hydrogen (secondary N) is 1. The molecule has 0 aliphatic carbocycles. The summed E-state index contributed by atoms with van der Waals surface area (Å²) in [6.07, 6.45) is 0. The van der Waals surface area contributed by atoms with Crippen LogP contribution in [-0.2, 0) is 0 Å². The first-order chi connectivity index (χ1) is 6.84. The zero-order chi connectivity index (χ0) is 9.80. The molecule has 0 heterocycles. The third-order valence-electron chi connectivity index (χ3n) is 1.92. The van der Waals surface area contributed by atoms with E-state index in [9.17, 15) is 0 Å². The Balaban J connectivity index is 0.00000112. The van der Waals surface area contributed by atoms with Crippen molar-refractivity contribution < 1.29 is 31.1 Å². The summed E-state index contributed by atoms with van der Waals surface area (Å²) >= 11 is 0. The fourth-order valence-electron chi connectivity index (χ4n) is 1.20. The van der Waals surface area contributed by atoms with Crippen molar-refractivity contribution in [3.05, 3.63) is 62.0 Å². The second-order valence-corrected chi connectivity index (χ2v) is 3.04. The van der Waals surface area contributed by atoms with Crippen LogP contribution in [0.1, 0.15) is 0 Å². The van der Waals surface area contributed by atoms with Gasteiger partial charge in [0.15, 0.2) is 0 Å². The SMILES string of the molecule is Nc1ccc(Nc2cc[c-]cc2)cc1.[CH3-].[U+2]. The minimum absolute atomic E-state index is 0. The molecule has 0 aliphatic rings. The fraction of sp³-hybridized carbons (Fsp3) is 0. The largest absolute Gasteiger partial charge is 2.00 e. The van der Waals surface area contributed by atoms with Gasteiger partial charge in [0.05, 0.1) is 0 Å². The molecule has 80 valence electrons. The summed E-state index contributed by atoms with van der Waals surface area (Å²) in [6, 6.07) is 18.3. The van der Waals surface area contributed by atoms with Crippen molar-refractivity contribution in [2.24, 2.45) is 0 Å². The van der Waals surface area contributed by atoms with Crippen LogP contribution in [0.4, 0.5) is 17.1 Å². The van der Waals surface area contributed by atoms with E-state index in [-0.39, 0.29) is 38.5 Å². The maximum absolute atomic E-state index is 5.59. The molecule has 0 radical (unpaired) electrons. The van der Waals surface area contributed by atoms with Crippen LogP contribution < -0.4 is 11.1 Å². The number of benzene rings is 2. The van der Waals surface area contributed by atoms with Gasteiger partial charge in [0.25, 0.3) is 0 Å². The molecular formula is C13H14N2U. The van der Waals surface area contributed by atoms with Gasteiger partial charge >= 0.3 is 31.1 Å². The number of hydrogen-bond acceptors (Lipinski definition) is 2. The number of rotatable bonds is 2. The fourth-order valence-corrected chi connectivity index (χ4v) is 1.20. The Morgan fingerprint density at radius 2 is 1.38 bits per heavy atom.